The van der Waals surface area contributed by atoms with Crippen LogP contribution in [-0.2, 0) is 9.53 Å². The number of esters is 1. The molecule has 1 rings (SSSR count). The SMILES string of the molecule is COC(=O)C1(CCCCF)CCC1. The molecule has 0 atom stereocenters. The maximum absolute atomic E-state index is 11.9. The zero-order valence-electron chi connectivity index (χ0n) is 8.14. The van der Waals surface area contributed by atoms with Crippen molar-refractivity contribution in [3.8, 4) is 0 Å². The minimum Gasteiger partial charge on any atom is -0.469 e. The van der Waals surface area contributed by atoms with Gasteiger partial charge in [0.25, 0.3) is 0 Å². The van der Waals surface area contributed by atoms with Gasteiger partial charge < -0.3 is 4.74 Å². The number of ether oxygens (including phenoxy) is 1. The number of unbranched alkanes of at least 4 members (excludes halogenated alkanes) is 1. The molecule has 0 spiro atoms. The van der Waals surface area contributed by atoms with Crippen LogP contribution >= 0.6 is 0 Å². The number of carbonyl (C=O) groups is 1. The number of hydrogen-bond acceptors (Lipinski definition) is 2. The summed E-state index contributed by atoms with van der Waals surface area (Å²) in [7, 11) is 1.43. The summed E-state index contributed by atoms with van der Waals surface area (Å²) < 4.78 is 16.6. The lowest BCUT2D eigenvalue weighted by Gasteiger charge is -2.38. The topological polar surface area (TPSA) is 26.3 Å². The molecule has 0 aromatic rings. The number of alkyl halides is 1. The highest BCUT2D eigenvalue weighted by Gasteiger charge is 2.44. The fraction of sp³-hybridized carbons (Fsp3) is 0.900. The Kier molecular flexibility index (Phi) is 3.70. The average molecular weight is 188 g/mol. The molecule has 0 aromatic heterocycles. The largest absolute Gasteiger partial charge is 0.469 e. The lowest BCUT2D eigenvalue weighted by molar-refractivity contribution is -0.159. The maximum Gasteiger partial charge on any atom is 0.311 e. The number of hydrogen-bond donors (Lipinski definition) is 0. The Morgan fingerprint density at radius 1 is 1.46 bits per heavy atom. The van der Waals surface area contributed by atoms with Crippen LogP contribution in [0.2, 0.25) is 0 Å². The third kappa shape index (κ3) is 2.20. The lowest BCUT2D eigenvalue weighted by atomic mass is 9.66. The zero-order chi connectivity index (χ0) is 9.73. The van der Waals surface area contributed by atoms with E-state index >= 15 is 0 Å². The van der Waals surface area contributed by atoms with Gasteiger partial charge in [-0.05, 0) is 32.1 Å². The van der Waals surface area contributed by atoms with Crippen molar-refractivity contribution < 1.29 is 13.9 Å². The van der Waals surface area contributed by atoms with E-state index in [9.17, 15) is 9.18 Å². The summed E-state index contributed by atoms with van der Waals surface area (Å²) in [5.41, 5.74) is -0.246. The second kappa shape index (κ2) is 4.58. The zero-order valence-corrected chi connectivity index (χ0v) is 8.14. The molecule has 13 heavy (non-hydrogen) atoms. The summed E-state index contributed by atoms with van der Waals surface area (Å²) in [4.78, 5) is 11.4. The summed E-state index contributed by atoms with van der Waals surface area (Å²) in [6.07, 6.45) is 5.11. The second-order valence-electron chi connectivity index (χ2n) is 3.77. The van der Waals surface area contributed by atoms with Crippen LogP contribution in [0, 0.1) is 5.41 Å². The van der Waals surface area contributed by atoms with Crippen molar-refractivity contribution in [1.29, 1.82) is 0 Å². The molecule has 0 unspecified atom stereocenters. The van der Waals surface area contributed by atoms with Gasteiger partial charge in [0.05, 0.1) is 19.2 Å². The summed E-state index contributed by atoms with van der Waals surface area (Å²) >= 11 is 0. The van der Waals surface area contributed by atoms with E-state index in [1.165, 1.54) is 7.11 Å². The van der Waals surface area contributed by atoms with Gasteiger partial charge in [-0.1, -0.05) is 6.42 Å². The molecule has 1 saturated carbocycles. The first kappa shape index (κ1) is 10.5. The molecule has 1 fully saturated rings. The van der Waals surface area contributed by atoms with Gasteiger partial charge in [-0.25, -0.2) is 0 Å². The molecule has 0 aromatic carbocycles. The second-order valence-corrected chi connectivity index (χ2v) is 3.77. The van der Waals surface area contributed by atoms with Crippen LogP contribution in [0.1, 0.15) is 38.5 Å². The molecule has 76 valence electrons. The number of halogens is 1. The molecule has 0 amide bonds. The normalized spacial score (nSPS) is 19.2. The van der Waals surface area contributed by atoms with E-state index < -0.39 is 0 Å². The van der Waals surface area contributed by atoms with Crippen LogP contribution in [0.4, 0.5) is 4.39 Å². The van der Waals surface area contributed by atoms with Crippen molar-refractivity contribution in [2.45, 2.75) is 38.5 Å². The lowest BCUT2D eigenvalue weighted by Crippen LogP contribution is -2.38. The molecular weight excluding hydrogens is 171 g/mol. The van der Waals surface area contributed by atoms with Crippen molar-refractivity contribution in [3.05, 3.63) is 0 Å². The van der Waals surface area contributed by atoms with Crippen molar-refractivity contribution >= 4 is 5.97 Å². The first-order valence-electron chi connectivity index (χ1n) is 4.89. The molecule has 0 aliphatic heterocycles. The molecule has 0 radical (unpaired) electrons. The van der Waals surface area contributed by atoms with Crippen LogP contribution in [0.5, 0.6) is 0 Å². The smallest absolute Gasteiger partial charge is 0.311 e. The maximum atomic E-state index is 11.9. The minimum atomic E-state index is -0.281. The molecular formula is C10H17FO2. The van der Waals surface area contributed by atoms with Crippen LogP contribution in [0.3, 0.4) is 0 Å². The monoisotopic (exact) mass is 188 g/mol. The Morgan fingerprint density at radius 2 is 2.15 bits per heavy atom. The van der Waals surface area contributed by atoms with E-state index in [0.29, 0.717) is 6.42 Å². The summed E-state index contributed by atoms with van der Waals surface area (Å²) in [5.74, 6) is -0.0994. The van der Waals surface area contributed by atoms with Crippen molar-refractivity contribution in [2.75, 3.05) is 13.8 Å². The molecule has 3 heteroatoms. The highest BCUT2D eigenvalue weighted by atomic mass is 19.1. The first-order valence-corrected chi connectivity index (χ1v) is 4.89. The highest BCUT2D eigenvalue weighted by Crippen LogP contribution is 2.45. The minimum absolute atomic E-state index is 0.0994. The number of rotatable bonds is 5. The van der Waals surface area contributed by atoms with Crippen molar-refractivity contribution in [2.24, 2.45) is 5.41 Å². The number of methoxy groups -OCH3 is 1. The molecule has 0 bridgehead atoms. The van der Waals surface area contributed by atoms with Crippen LogP contribution in [0.15, 0.2) is 0 Å². The predicted molar refractivity (Wildman–Crippen MR) is 48.1 cm³/mol. The summed E-state index contributed by atoms with van der Waals surface area (Å²) in [5, 5.41) is 0. The Hall–Kier alpha value is -0.600. The van der Waals surface area contributed by atoms with E-state index in [2.05, 4.69) is 0 Å². The van der Waals surface area contributed by atoms with Gasteiger partial charge in [0.15, 0.2) is 0 Å². The standard InChI is InChI=1S/C10H17FO2/c1-13-9(12)10(6-4-7-10)5-2-3-8-11/h2-8H2,1H3. The van der Waals surface area contributed by atoms with Gasteiger partial charge >= 0.3 is 5.97 Å². The summed E-state index contributed by atoms with van der Waals surface area (Å²) in [6.45, 7) is -0.281. The number of carbonyl (C=O) groups excluding carboxylic acids is 1. The van der Waals surface area contributed by atoms with E-state index in [1.54, 1.807) is 0 Å². The van der Waals surface area contributed by atoms with E-state index in [-0.39, 0.29) is 18.1 Å². The fourth-order valence-corrected chi connectivity index (χ4v) is 1.93. The van der Waals surface area contributed by atoms with Crippen LogP contribution < -0.4 is 0 Å². The molecule has 1 aliphatic rings. The van der Waals surface area contributed by atoms with Gasteiger partial charge in [-0.15, -0.1) is 0 Å². The first-order chi connectivity index (χ1) is 6.25. The molecule has 0 heterocycles. The third-order valence-electron chi connectivity index (χ3n) is 2.97. The van der Waals surface area contributed by atoms with E-state index in [4.69, 9.17) is 4.74 Å². The van der Waals surface area contributed by atoms with E-state index in [0.717, 1.165) is 32.1 Å². The van der Waals surface area contributed by atoms with Crippen molar-refractivity contribution in [3.63, 3.8) is 0 Å². The third-order valence-corrected chi connectivity index (χ3v) is 2.97. The predicted octanol–water partition coefficient (Wildman–Crippen LogP) is 2.47. The van der Waals surface area contributed by atoms with Gasteiger partial charge in [0.1, 0.15) is 0 Å². The Labute approximate surface area is 78.5 Å². The van der Waals surface area contributed by atoms with Gasteiger partial charge in [0, 0.05) is 0 Å². The van der Waals surface area contributed by atoms with Gasteiger partial charge in [-0.3, -0.25) is 9.18 Å². The molecule has 0 N–H and O–H groups in total. The van der Waals surface area contributed by atoms with Gasteiger partial charge in [0.2, 0.25) is 0 Å². The van der Waals surface area contributed by atoms with Crippen LogP contribution in [0.25, 0.3) is 0 Å². The molecule has 1 aliphatic carbocycles. The molecule has 0 saturated heterocycles. The molecule has 2 nitrogen and oxygen atoms in total. The summed E-state index contributed by atoms with van der Waals surface area (Å²) in [6, 6.07) is 0. The highest BCUT2D eigenvalue weighted by molar-refractivity contribution is 5.77. The van der Waals surface area contributed by atoms with Crippen LogP contribution in [-0.4, -0.2) is 19.8 Å². The Balaban J connectivity index is 2.36. The van der Waals surface area contributed by atoms with Crippen molar-refractivity contribution in [1.82, 2.24) is 0 Å². The quantitative estimate of drug-likeness (QED) is 0.489. The average Bonchev–Trinajstić information content (AvgIpc) is 2.08. The Morgan fingerprint density at radius 3 is 2.54 bits per heavy atom. The Bertz CT molecular complexity index is 176. The van der Waals surface area contributed by atoms with E-state index in [1.807, 2.05) is 0 Å². The van der Waals surface area contributed by atoms with Gasteiger partial charge in [-0.2, -0.15) is 0 Å². The fourth-order valence-electron chi connectivity index (χ4n) is 1.93.